The monoisotopic (exact) mass is 387 g/mol. The summed E-state index contributed by atoms with van der Waals surface area (Å²) < 4.78 is 28.3. The molecule has 3 nitrogen and oxygen atoms in total. The lowest BCUT2D eigenvalue weighted by Gasteiger charge is -2.18. The summed E-state index contributed by atoms with van der Waals surface area (Å²) in [5, 5.41) is 0.590. The van der Waals surface area contributed by atoms with Crippen molar-refractivity contribution in [3.05, 3.63) is 63.6 Å². The Labute approximate surface area is 138 Å². The topological polar surface area (TPSA) is 46.2 Å². The number of benzene rings is 2. The number of hydrogen-bond acceptors (Lipinski definition) is 2. The molecule has 1 unspecified atom stereocenters. The summed E-state index contributed by atoms with van der Waals surface area (Å²) in [6.07, 6.45) is 0.633. The molecule has 2 rings (SSSR count). The SMILES string of the molecule is CCC(NS(=O)(=O)c1cccc(Br)c1)c1cccc(Cl)c1. The molecule has 2 aromatic carbocycles. The molecular weight excluding hydrogens is 374 g/mol. The van der Waals surface area contributed by atoms with E-state index in [4.69, 9.17) is 11.6 Å². The molecule has 0 bridgehead atoms. The first-order valence-electron chi connectivity index (χ1n) is 6.45. The van der Waals surface area contributed by atoms with E-state index in [0.29, 0.717) is 11.4 Å². The van der Waals surface area contributed by atoms with E-state index in [9.17, 15) is 8.42 Å². The highest BCUT2D eigenvalue weighted by Gasteiger charge is 2.20. The third-order valence-corrected chi connectivity index (χ3v) is 5.26. The van der Waals surface area contributed by atoms with Crippen molar-refractivity contribution in [2.75, 3.05) is 0 Å². The van der Waals surface area contributed by atoms with Gasteiger partial charge in [-0.2, -0.15) is 0 Å². The summed E-state index contributed by atoms with van der Waals surface area (Å²) in [6, 6.07) is 13.5. The van der Waals surface area contributed by atoms with Gasteiger partial charge in [0.1, 0.15) is 0 Å². The molecule has 112 valence electrons. The Morgan fingerprint density at radius 1 is 1.19 bits per heavy atom. The molecule has 0 aromatic heterocycles. The average Bonchev–Trinajstić information content (AvgIpc) is 2.45. The maximum Gasteiger partial charge on any atom is 0.241 e. The van der Waals surface area contributed by atoms with Crippen LogP contribution in [0.5, 0.6) is 0 Å². The molecule has 1 N–H and O–H groups in total. The van der Waals surface area contributed by atoms with Gasteiger partial charge < -0.3 is 0 Å². The zero-order valence-electron chi connectivity index (χ0n) is 11.4. The summed E-state index contributed by atoms with van der Waals surface area (Å²) in [5.74, 6) is 0. The second-order valence-corrected chi connectivity index (χ2v) is 7.66. The van der Waals surface area contributed by atoms with Crippen molar-refractivity contribution in [1.29, 1.82) is 0 Å². The molecule has 0 radical (unpaired) electrons. The molecule has 0 saturated carbocycles. The largest absolute Gasteiger partial charge is 0.241 e. The van der Waals surface area contributed by atoms with E-state index >= 15 is 0 Å². The van der Waals surface area contributed by atoms with E-state index in [1.54, 1.807) is 36.4 Å². The van der Waals surface area contributed by atoms with Crippen molar-refractivity contribution in [3.8, 4) is 0 Å². The first-order chi connectivity index (χ1) is 9.92. The van der Waals surface area contributed by atoms with E-state index in [1.165, 1.54) is 0 Å². The van der Waals surface area contributed by atoms with Crippen LogP contribution in [0, 0.1) is 0 Å². The average molecular weight is 389 g/mol. The van der Waals surface area contributed by atoms with Crippen LogP contribution in [-0.2, 0) is 10.0 Å². The van der Waals surface area contributed by atoms with Gasteiger partial charge in [-0.25, -0.2) is 13.1 Å². The number of halogens is 2. The highest BCUT2D eigenvalue weighted by molar-refractivity contribution is 9.10. The highest BCUT2D eigenvalue weighted by atomic mass is 79.9. The maximum absolute atomic E-state index is 12.4. The van der Waals surface area contributed by atoms with Gasteiger partial charge in [0.2, 0.25) is 10.0 Å². The minimum absolute atomic E-state index is 0.234. The molecule has 6 heteroatoms. The lowest BCUT2D eigenvalue weighted by molar-refractivity contribution is 0.550. The lowest BCUT2D eigenvalue weighted by Crippen LogP contribution is -2.28. The van der Waals surface area contributed by atoms with Gasteiger partial charge in [-0.3, -0.25) is 0 Å². The Morgan fingerprint density at radius 2 is 1.90 bits per heavy atom. The van der Waals surface area contributed by atoms with Crippen LogP contribution < -0.4 is 4.72 Å². The second-order valence-electron chi connectivity index (χ2n) is 4.59. The van der Waals surface area contributed by atoms with Crippen molar-refractivity contribution in [2.45, 2.75) is 24.3 Å². The van der Waals surface area contributed by atoms with E-state index in [2.05, 4.69) is 20.7 Å². The van der Waals surface area contributed by atoms with E-state index < -0.39 is 10.0 Å². The molecule has 0 heterocycles. The Bertz CT molecular complexity index is 734. The fourth-order valence-corrected chi connectivity index (χ4v) is 4.10. The van der Waals surface area contributed by atoms with Gasteiger partial charge in [-0.15, -0.1) is 0 Å². The van der Waals surface area contributed by atoms with Crippen molar-refractivity contribution in [2.24, 2.45) is 0 Å². The van der Waals surface area contributed by atoms with Gasteiger partial charge in [0, 0.05) is 15.5 Å². The van der Waals surface area contributed by atoms with Crippen molar-refractivity contribution in [3.63, 3.8) is 0 Å². The summed E-state index contributed by atoms with van der Waals surface area (Å²) in [6.45, 7) is 1.93. The summed E-state index contributed by atoms with van der Waals surface area (Å²) >= 11 is 9.25. The van der Waals surface area contributed by atoms with E-state index in [1.807, 2.05) is 19.1 Å². The van der Waals surface area contributed by atoms with Crippen LogP contribution in [0.25, 0.3) is 0 Å². The third kappa shape index (κ3) is 4.30. The molecule has 0 amide bonds. The Hall–Kier alpha value is -0.880. The predicted molar refractivity (Wildman–Crippen MR) is 88.9 cm³/mol. The molecule has 0 fully saturated rings. The quantitative estimate of drug-likeness (QED) is 0.818. The van der Waals surface area contributed by atoms with Crippen molar-refractivity contribution >= 4 is 37.6 Å². The van der Waals surface area contributed by atoms with Crippen LogP contribution in [0.15, 0.2) is 57.9 Å². The predicted octanol–water partition coefficient (Wildman–Crippen LogP) is 4.53. The standard InChI is InChI=1S/C15H15BrClNO2S/c1-2-15(11-5-3-7-13(17)9-11)18-21(19,20)14-8-4-6-12(16)10-14/h3-10,15,18H,2H2,1H3. The summed E-state index contributed by atoms with van der Waals surface area (Å²) in [7, 11) is -3.58. The van der Waals surface area contributed by atoms with Crippen LogP contribution in [-0.4, -0.2) is 8.42 Å². The van der Waals surface area contributed by atoms with E-state index in [-0.39, 0.29) is 10.9 Å². The number of rotatable bonds is 5. The van der Waals surface area contributed by atoms with Gasteiger partial charge in [-0.1, -0.05) is 52.7 Å². The smallest absolute Gasteiger partial charge is 0.207 e. The molecule has 0 aliphatic carbocycles. The lowest BCUT2D eigenvalue weighted by atomic mass is 10.1. The molecule has 2 aromatic rings. The molecule has 21 heavy (non-hydrogen) atoms. The number of nitrogens with one attached hydrogen (secondary N) is 1. The highest BCUT2D eigenvalue weighted by Crippen LogP contribution is 2.23. The molecule has 0 aliphatic heterocycles. The molecular formula is C15H15BrClNO2S. The third-order valence-electron chi connectivity index (χ3n) is 3.06. The fourth-order valence-electron chi connectivity index (χ4n) is 2.00. The van der Waals surface area contributed by atoms with Crippen LogP contribution in [0.1, 0.15) is 24.9 Å². The Kier molecular flexibility index (Phi) is 5.43. The maximum atomic E-state index is 12.4. The van der Waals surface area contributed by atoms with E-state index in [0.717, 1.165) is 10.0 Å². The fraction of sp³-hybridized carbons (Fsp3) is 0.200. The van der Waals surface area contributed by atoms with Crippen LogP contribution in [0.3, 0.4) is 0 Å². The molecule has 0 aliphatic rings. The van der Waals surface area contributed by atoms with Gasteiger partial charge >= 0.3 is 0 Å². The number of sulfonamides is 1. The molecule has 1 atom stereocenters. The van der Waals surface area contributed by atoms with Crippen molar-refractivity contribution in [1.82, 2.24) is 4.72 Å². The Morgan fingerprint density at radius 3 is 2.52 bits per heavy atom. The second kappa shape index (κ2) is 6.92. The zero-order chi connectivity index (χ0) is 15.5. The summed E-state index contributed by atoms with van der Waals surface area (Å²) in [4.78, 5) is 0.234. The molecule has 0 spiro atoms. The van der Waals surface area contributed by atoms with Gasteiger partial charge in [-0.05, 0) is 42.3 Å². The first-order valence-corrected chi connectivity index (χ1v) is 9.11. The van der Waals surface area contributed by atoms with Crippen LogP contribution >= 0.6 is 27.5 Å². The zero-order valence-corrected chi connectivity index (χ0v) is 14.5. The molecule has 0 saturated heterocycles. The number of hydrogen-bond donors (Lipinski definition) is 1. The normalized spacial score (nSPS) is 13.1. The minimum atomic E-state index is -3.58. The minimum Gasteiger partial charge on any atom is -0.207 e. The van der Waals surface area contributed by atoms with Crippen LogP contribution in [0.4, 0.5) is 0 Å². The van der Waals surface area contributed by atoms with Crippen molar-refractivity contribution < 1.29 is 8.42 Å². The van der Waals surface area contributed by atoms with Crippen LogP contribution in [0.2, 0.25) is 5.02 Å². The first kappa shape index (κ1) is 16.5. The summed E-state index contributed by atoms with van der Waals surface area (Å²) in [5.41, 5.74) is 0.851. The van der Waals surface area contributed by atoms with Gasteiger partial charge in [0.15, 0.2) is 0 Å². The Balaban J connectivity index is 2.29. The van der Waals surface area contributed by atoms with Gasteiger partial charge in [0.25, 0.3) is 0 Å². The van der Waals surface area contributed by atoms with Gasteiger partial charge in [0.05, 0.1) is 4.90 Å².